The Kier molecular flexibility index (Phi) is 2.87. The minimum Gasteiger partial charge on any atom is -0.405 e. The van der Waals surface area contributed by atoms with E-state index in [9.17, 15) is 4.79 Å². The van der Waals surface area contributed by atoms with Gasteiger partial charge in [-0.15, -0.1) is 5.06 Å². The molecule has 80 valence electrons. The van der Waals surface area contributed by atoms with Gasteiger partial charge in [0.15, 0.2) is 0 Å². The molecular formula is C11H14N2O2. The van der Waals surface area contributed by atoms with Crippen LogP contribution in [0.1, 0.15) is 12.8 Å². The van der Waals surface area contributed by atoms with E-state index in [2.05, 4.69) is 0 Å². The number of primary amides is 1. The van der Waals surface area contributed by atoms with Gasteiger partial charge in [-0.25, -0.2) is 0 Å². The zero-order chi connectivity index (χ0) is 10.7. The predicted octanol–water partition coefficient (Wildman–Crippen LogP) is 0.930. The maximum absolute atomic E-state index is 11.1. The molecule has 0 saturated carbocycles. The number of rotatable bonds is 3. The van der Waals surface area contributed by atoms with Crippen LogP contribution in [-0.2, 0) is 4.79 Å². The van der Waals surface area contributed by atoms with E-state index in [0.29, 0.717) is 0 Å². The van der Waals surface area contributed by atoms with Gasteiger partial charge in [0.2, 0.25) is 5.91 Å². The molecule has 1 atom stereocenters. The lowest BCUT2D eigenvalue weighted by Crippen LogP contribution is -2.42. The van der Waals surface area contributed by atoms with E-state index in [1.165, 1.54) is 0 Å². The molecule has 2 N–H and O–H groups in total. The maximum atomic E-state index is 11.1. The fourth-order valence-corrected chi connectivity index (χ4v) is 1.75. The van der Waals surface area contributed by atoms with Gasteiger partial charge in [0.05, 0.1) is 0 Å². The molecule has 1 amide bonds. The van der Waals surface area contributed by atoms with E-state index >= 15 is 0 Å². The molecule has 0 bridgehead atoms. The van der Waals surface area contributed by atoms with Crippen molar-refractivity contribution in [2.45, 2.75) is 18.9 Å². The summed E-state index contributed by atoms with van der Waals surface area (Å²) in [4.78, 5) is 16.7. The Morgan fingerprint density at radius 1 is 1.40 bits per heavy atom. The Morgan fingerprint density at radius 2 is 2.13 bits per heavy atom. The lowest BCUT2D eigenvalue weighted by atomic mass is 10.2. The summed E-state index contributed by atoms with van der Waals surface area (Å²) in [6, 6.07) is 9.13. The van der Waals surface area contributed by atoms with Crippen LogP contribution >= 0.6 is 0 Å². The third-order valence-electron chi connectivity index (χ3n) is 2.50. The summed E-state index contributed by atoms with van der Waals surface area (Å²) in [6.07, 6.45) is 1.72. The molecule has 1 aliphatic heterocycles. The van der Waals surface area contributed by atoms with Crippen LogP contribution < -0.4 is 10.6 Å². The summed E-state index contributed by atoms with van der Waals surface area (Å²) in [5.41, 5.74) is 5.28. The van der Waals surface area contributed by atoms with Gasteiger partial charge in [-0.2, -0.15) is 0 Å². The van der Waals surface area contributed by atoms with E-state index in [1.807, 2.05) is 30.3 Å². The average molecular weight is 206 g/mol. The lowest BCUT2D eigenvalue weighted by Gasteiger charge is -2.21. The van der Waals surface area contributed by atoms with Gasteiger partial charge in [-0.3, -0.25) is 4.79 Å². The summed E-state index contributed by atoms with van der Waals surface area (Å²) in [7, 11) is 0. The van der Waals surface area contributed by atoms with Crippen molar-refractivity contribution in [3.8, 4) is 5.75 Å². The predicted molar refractivity (Wildman–Crippen MR) is 56.0 cm³/mol. The second-order valence-corrected chi connectivity index (χ2v) is 3.61. The monoisotopic (exact) mass is 206 g/mol. The second-order valence-electron chi connectivity index (χ2n) is 3.61. The van der Waals surface area contributed by atoms with Crippen molar-refractivity contribution in [2.75, 3.05) is 6.54 Å². The van der Waals surface area contributed by atoms with Gasteiger partial charge in [0, 0.05) is 6.54 Å². The first kappa shape index (κ1) is 9.98. The van der Waals surface area contributed by atoms with E-state index in [-0.39, 0.29) is 11.9 Å². The third-order valence-corrected chi connectivity index (χ3v) is 2.50. The van der Waals surface area contributed by atoms with Crippen LogP contribution in [0.25, 0.3) is 0 Å². The van der Waals surface area contributed by atoms with Crippen LogP contribution in [-0.4, -0.2) is 23.6 Å². The van der Waals surface area contributed by atoms with E-state index in [1.54, 1.807) is 5.06 Å². The topological polar surface area (TPSA) is 55.6 Å². The van der Waals surface area contributed by atoms with Gasteiger partial charge in [0.1, 0.15) is 11.8 Å². The Morgan fingerprint density at radius 3 is 2.80 bits per heavy atom. The number of nitrogens with zero attached hydrogens (tertiary/aromatic N) is 1. The largest absolute Gasteiger partial charge is 0.405 e. The van der Waals surface area contributed by atoms with Gasteiger partial charge >= 0.3 is 0 Å². The van der Waals surface area contributed by atoms with Crippen LogP contribution in [0.2, 0.25) is 0 Å². The van der Waals surface area contributed by atoms with Crippen LogP contribution in [0.3, 0.4) is 0 Å². The summed E-state index contributed by atoms with van der Waals surface area (Å²) in [6.45, 7) is 0.752. The Hall–Kier alpha value is -1.55. The molecule has 0 spiro atoms. The summed E-state index contributed by atoms with van der Waals surface area (Å²) in [5.74, 6) is 0.425. The van der Waals surface area contributed by atoms with Gasteiger partial charge in [-0.05, 0) is 25.0 Å². The van der Waals surface area contributed by atoms with Crippen molar-refractivity contribution in [1.82, 2.24) is 5.06 Å². The van der Waals surface area contributed by atoms with Crippen molar-refractivity contribution < 1.29 is 9.63 Å². The quantitative estimate of drug-likeness (QED) is 0.800. The van der Waals surface area contributed by atoms with Gasteiger partial charge < -0.3 is 10.6 Å². The molecule has 1 saturated heterocycles. The molecule has 4 nitrogen and oxygen atoms in total. The second kappa shape index (κ2) is 4.31. The average Bonchev–Trinajstić information content (AvgIpc) is 2.67. The SMILES string of the molecule is NC(=O)C1CCCN1Oc1ccccc1. The number of hydroxylamine groups is 2. The molecule has 4 heteroatoms. The fraction of sp³-hybridized carbons (Fsp3) is 0.364. The molecule has 0 radical (unpaired) electrons. The number of para-hydroxylation sites is 1. The van der Waals surface area contributed by atoms with E-state index < -0.39 is 0 Å². The minimum absolute atomic E-state index is 0.287. The minimum atomic E-state index is -0.316. The van der Waals surface area contributed by atoms with Crippen molar-refractivity contribution >= 4 is 5.91 Å². The van der Waals surface area contributed by atoms with Crippen LogP contribution in [0.4, 0.5) is 0 Å². The van der Waals surface area contributed by atoms with Crippen LogP contribution in [0.15, 0.2) is 30.3 Å². The smallest absolute Gasteiger partial charge is 0.238 e. The summed E-state index contributed by atoms with van der Waals surface area (Å²) >= 11 is 0. The molecule has 1 unspecified atom stereocenters. The number of amides is 1. The highest BCUT2D eigenvalue weighted by atomic mass is 16.7. The zero-order valence-electron chi connectivity index (χ0n) is 8.43. The Labute approximate surface area is 88.6 Å². The summed E-state index contributed by atoms with van der Waals surface area (Å²) in [5, 5.41) is 1.66. The van der Waals surface area contributed by atoms with Crippen LogP contribution in [0, 0.1) is 0 Å². The number of nitrogens with two attached hydrogens (primary N) is 1. The van der Waals surface area contributed by atoms with Crippen molar-refractivity contribution in [2.24, 2.45) is 5.73 Å². The van der Waals surface area contributed by atoms with Gasteiger partial charge in [-0.1, -0.05) is 18.2 Å². The zero-order valence-corrected chi connectivity index (χ0v) is 8.43. The fourth-order valence-electron chi connectivity index (χ4n) is 1.75. The van der Waals surface area contributed by atoms with Crippen molar-refractivity contribution in [3.05, 3.63) is 30.3 Å². The van der Waals surface area contributed by atoms with E-state index in [4.69, 9.17) is 10.6 Å². The molecule has 1 aromatic rings. The molecule has 1 aromatic carbocycles. The maximum Gasteiger partial charge on any atom is 0.238 e. The van der Waals surface area contributed by atoms with Crippen molar-refractivity contribution in [1.29, 1.82) is 0 Å². The molecule has 0 aromatic heterocycles. The molecule has 15 heavy (non-hydrogen) atoms. The highest BCUT2D eigenvalue weighted by molar-refractivity contribution is 5.79. The van der Waals surface area contributed by atoms with Gasteiger partial charge in [0.25, 0.3) is 0 Å². The number of carbonyl (C=O) groups is 1. The highest BCUT2D eigenvalue weighted by Gasteiger charge is 2.30. The van der Waals surface area contributed by atoms with Crippen molar-refractivity contribution in [3.63, 3.8) is 0 Å². The number of carbonyl (C=O) groups excluding carboxylic acids is 1. The molecular weight excluding hydrogens is 192 g/mol. The third kappa shape index (κ3) is 2.27. The first-order valence-corrected chi connectivity index (χ1v) is 5.06. The van der Waals surface area contributed by atoms with Crippen LogP contribution in [0.5, 0.6) is 5.75 Å². The molecule has 2 rings (SSSR count). The molecule has 1 aliphatic rings. The lowest BCUT2D eigenvalue weighted by molar-refractivity contribution is -0.135. The molecule has 0 aliphatic carbocycles. The number of hydrogen-bond acceptors (Lipinski definition) is 3. The number of hydrogen-bond donors (Lipinski definition) is 1. The highest BCUT2D eigenvalue weighted by Crippen LogP contribution is 2.20. The molecule has 1 fully saturated rings. The Balaban J connectivity index is 2.03. The first-order chi connectivity index (χ1) is 7.27. The normalized spacial score (nSPS) is 21.5. The van der Waals surface area contributed by atoms with E-state index in [0.717, 1.165) is 25.1 Å². The number of benzene rings is 1. The Bertz CT molecular complexity index is 340. The molecule has 1 heterocycles. The first-order valence-electron chi connectivity index (χ1n) is 5.06. The summed E-state index contributed by atoms with van der Waals surface area (Å²) < 4.78 is 0. The standard InChI is InChI=1S/C11H14N2O2/c12-11(14)10-7-4-8-13(10)15-9-5-2-1-3-6-9/h1-3,5-6,10H,4,7-8H2,(H2,12,14).